The molecule has 2 unspecified atom stereocenters. The minimum atomic E-state index is -0.709. The predicted molar refractivity (Wildman–Crippen MR) is 75.5 cm³/mol. The maximum atomic E-state index is 13.8. The molecule has 0 aliphatic rings. The Hall–Kier alpha value is -1.22. The van der Waals surface area contributed by atoms with Gasteiger partial charge in [-0.1, -0.05) is 6.92 Å². The Morgan fingerprint density at radius 2 is 2.32 bits per heavy atom. The number of amides is 1. The first-order chi connectivity index (χ1) is 8.89. The molecule has 106 valence electrons. The van der Waals surface area contributed by atoms with Crippen molar-refractivity contribution < 1.29 is 13.9 Å². The topological polar surface area (TPSA) is 51.2 Å². The molecule has 0 aliphatic heterocycles. The van der Waals surface area contributed by atoms with Crippen molar-refractivity contribution in [2.45, 2.75) is 38.4 Å². The van der Waals surface area contributed by atoms with E-state index in [1.54, 1.807) is 0 Å². The van der Waals surface area contributed by atoms with Crippen LogP contribution in [-0.2, 0) is 9.89 Å². The van der Waals surface area contributed by atoms with E-state index >= 15 is 0 Å². The molecule has 0 radical (unpaired) electrons. The number of nitrogens with zero attached hydrogens (tertiary/aromatic N) is 1. The van der Waals surface area contributed by atoms with Crippen LogP contribution in [0.3, 0.4) is 0 Å². The van der Waals surface area contributed by atoms with E-state index in [2.05, 4.69) is 19.5 Å². The molecule has 0 saturated carbocycles. The van der Waals surface area contributed by atoms with E-state index in [9.17, 15) is 9.18 Å². The van der Waals surface area contributed by atoms with Gasteiger partial charge >= 0.3 is 6.09 Å². The standard InChI is InChI=1S/C13H20FN2O2P/c1-4-13(19,8-18-12(17)16-9(2)3)11-10(14)6-5-7-15-11/h5-7,9H,4,8,19H2,1-3H3,(H,16,17). The van der Waals surface area contributed by atoms with Gasteiger partial charge in [-0.25, -0.2) is 9.18 Å². The number of carbonyl (C=O) groups excluding carboxylic acids is 1. The van der Waals surface area contributed by atoms with Crippen LogP contribution >= 0.6 is 9.24 Å². The van der Waals surface area contributed by atoms with E-state index in [-0.39, 0.29) is 12.6 Å². The monoisotopic (exact) mass is 286 g/mol. The molecule has 6 heteroatoms. The number of aromatic nitrogens is 1. The third-order valence-corrected chi connectivity index (χ3v) is 3.58. The number of hydrogen-bond donors (Lipinski definition) is 1. The highest BCUT2D eigenvalue weighted by molar-refractivity contribution is 7.18. The zero-order valence-corrected chi connectivity index (χ0v) is 12.6. The molecular formula is C13H20FN2O2P. The van der Waals surface area contributed by atoms with Crippen LogP contribution in [0, 0.1) is 5.82 Å². The lowest BCUT2D eigenvalue weighted by molar-refractivity contribution is 0.128. The molecule has 1 heterocycles. The van der Waals surface area contributed by atoms with Gasteiger partial charge in [0.2, 0.25) is 0 Å². The van der Waals surface area contributed by atoms with Gasteiger partial charge in [0.1, 0.15) is 12.4 Å². The number of nitrogens with one attached hydrogen (secondary N) is 1. The second-order valence-electron chi connectivity index (χ2n) is 4.72. The van der Waals surface area contributed by atoms with Crippen LogP contribution in [0.5, 0.6) is 0 Å². The van der Waals surface area contributed by atoms with Gasteiger partial charge in [-0.2, -0.15) is 0 Å². The van der Waals surface area contributed by atoms with Crippen LogP contribution in [0.25, 0.3) is 0 Å². The molecule has 1 amide bonds. The van der Waals surface area contributed by atoms with E-state index in [0.717, 1.165) is 0 Å². The van der Waals surface area contributed by atoms with E-state index in [4.69, 9.17) is 4.74 Å². The largest absolute Gasteiger partial charge is 0.448 e. The lowest BCUT2D eigenvalue weighted by atomic mass is 10.0. The number of rotatable bonds is 5. The molecule has 0 aliphatic carbocycles. The Balaban J connectivity index is 2.76. The van der Waals surface area contributed by atoms with Crippen LogP contribution in [0.2, 0.25) is 0 Å². The summed E-state index contributed by atoms with van der Waals surface area (Å²) in [7, 11) is 2.54. The van der Waals surface area contributed by atoms with Gasteiger partial charge < -0.3 is 10.1 Å². The first-order valence-corrected chi connectivity index (χ1v) is 6.80. The molecule has 0 spiro atoms. The number of hydrogen-bond acceptors (Lipinski definition) is 3. The molecule has 19 heavy (non-hydrogen) atoms. The molecular weight excluding hydrogens is 266 g/mol. The van der Waals surface area contributed by atoms with Gasteiger partial charge in [0.15, 0.2) is 0 Å². The zero-order chi connectivity index (χ0) is 14.5. The Morgan fingerprint density at radius 3 is 2.84 bits per heavy atom. The van der Waals surface area contributed by atoms with E-state index < -0.39 is 17.1 Å². The first-order valence-electron chi connectivity index (χ1n) is 6.22. The summed E-state index contributed by atoms with van der Waals surface area (Å²) >= 11 is 0. The average Bonchev–Trinajstić information content (AvgIpc) is 2.36. The van der Waals surface area contributed by atoms with Crippen LogP contribution in [0.15, 0.2) is 18.3 Å². The Labute approximate surface area is 115 Å². The SMILES string of the molecule is CCC(P)(COC(=O)NC(C)C)c1ncccc1F. The normalized spacial score (nSPS) is 14.0. The van der Waals surface area contributed by atoms with Crippen LogP contribution in [-0.4, -0.2) is 23.7 Å². The molecule has 2 atom stereocenters. The molecule has 1 aromatic heterocycles. The number of carbonyl (C=O) groups is 1. The van der Waals surface area contributed by atoms with Crippen LogP contribution < -0.4 is 5.32 Å². The minimum absolute atomic E-state index is 0.000350. The molecule has 1 aromatic rings. The second-order valence-corrected chi connectivity index (χ2v) is 5.82. The Morgan fingerprint density at radius 1 is 1.63 bits per heavy atom. The van der Waals surface area contributed by atoms with Crippen molar-refractivity contribution in [2.24, 2.45) is 0 Å². The van der Waals surface area contributed by atoms with Crippen molar-refractivity contribution in [3.05, 3.63) is 29.8 Å². The first kappa shape index (κ1) is 15.8. The predicted octanol–water partition coefficient (Wildman–Crippen LogP) is 2.84. The Kier molecular flexibility index (Phi) is 5.67. The van der Waals surface area contributed by atoms with Crippen LogP contribution in [0.1, 0.15) is 32.9 Å². The van der Waals surface area contributed by atoms with E-state index in [1.165, 1.54) is 18.3 Å². The van der Waals surface area contributed by atoms with Gasteiger partial charge in [-0.3, -0.25) is 4.98 Å². The van der Waals surface area contributed by atoms with Crippen LogP contribution in [0.4, 0.5) is 9.18 Å². The van der Waals surface area contributed by atoms with Gasteiger partial charge in [0.05, 0.1) is 10.9 Å². The van der Waals surface area contributed by atoms with E-state index in [1.807, 2.05) is 20.8 Å². The van der Waals surface area contributed by atoms with E-state index in [0.29, 0.717) is 12.1 Å². The summed E-state index contributed by atoms with van der Waals surface area (Å²) in [6, 6.07) is 2.89. The molecule has 0 saturated heterocycles. The molecule has 1 N–H and O–H groups in total. The summed E-state index contributed by atoms with van der Waals surface area (Å²) in [4.78, 5) is 15.5. The molecule has 4 nitrogen and oxygen atoms in total. The highest BCUT2D eigenvalue weighted by atomic mass is 31.0. The quantitative estimate of drug-likeness (QED) is 0.847. The fourth-order valence-electron chi connectivity index (χ4n) is 1.56. The summed E-state index contributed by atoms with van der Waals surface area (Å²) in [5.41, 5.74) is 0.292. The maximum Gasteiger partial charge on any atom is 0.407 e. The maximum absolute atomic E-state index is 13.8. The summed E-state index contributed by atoms with van der Waals surface area (Å²) in [6.07, 6.45) is 1.60. The lowest BCUT2D eigenvalue weighted by Crippen LogP contribution is -2.35. The summed E-state index contributed by atoms with van der Waals surface area (Å²) in [5.74, 6) is -0.396. The number of ether oxygens (including phenoxy) is 1. The number of pyridine rings is 1. The minimum Gasteiger partial charge on any atom is -0.448 e. The third kappa shape index (κ3) is 4.43. The molecule has 0 aromatic carbocycles. The van der Waals surface area contributed by atoms with Crippen molar-refractivity contribution in [2.75, 3.05) is 6.61 Å². The van der Waals surface area contributed by atoms with Crippen molar-refractivity contribution >= 4 is 15.3 Å². The lowest BCUT2D eigenvalue weighted by Gasteiger charge is -2.27. The average molecular weight is 286 g/mol. The van der Waals surface area contributed by atoms with Crippen molar-refractivity contribution in [3.8, 4) is 0 Å². The third-order valence-electron chi connectivity index (χ3n) is 2.73. The van der Waals surface area contributed by atoms with Crippen molar-refractivity contribution in [3.63, 3.8) is 0 Å². The van der Waals surface area contributed by atoms with Gasteiger partial charge in [-0.15, -0.1) is 9.24 Å². The number of halogens is 1. The summed E-state index contributed by atoms with van der Waals surface area (Å²) in [6.45, 7) is 5.63. The zero-order valence-electron chi connectivity index (χ0n) is 11.4. The fraction of sp³-hybridized carbons (Fsp3) is 0.538. The van der Waals surface area contributed by atoms with Gasteiger partial charge in [0.25, 0.3) is 0 Å². The highest BCUT2D eigenvalue weighted by Gasteiger charge is 2.31. The smallest absolute Gasteiger partial charge is 0.407 e. The fourth-order valence-corrected chi connectivity index (χ4v) is 1.86. The molecule has 0 bridgehead atoms. The summed E-state index contributed by atoms with van der Waals surface area (Å²) in [5, 5.41) is 1.91. The van der Waals surface area contributed by atoms with Gasteiger partial charge in [-0.05, 0) is 32.4 Å². The summed E-state index contributed by atoms with van der Waals surface area (Å²) < 4.78 is 18.9. The second kappa shape index (κ2) is 6.80. The Bertz CT molecular complexity index is 442. The number of alkyl carbamates (subject to hydrolysis) is 1. The molecule has 0 fully saturated rings. The van der Waals surface area contributed by atoms with Crippen molar-refractivity contribution in [1.29, 1.82) is 0 Å². The molecule has 1 rings (SSSR count). The highest BCUT2D eigenvalue weighted by Crippen LogP contribution is 2.35. The van der Waals surface area contributed by atoms with Gasteiger partial charge in [0, 0.05) is 12.2 Å². The van der Waals surface area contributed by atoms with Crippen molar-refractivity contribution in [1.82, 2.24) is 10.3 Å².